The maximum Gasteiger partial charge on any atom is 0.243 e. The molecular weight excluding hydrogens is 410 g/mol. The first kappa shape index (κ1) is 20.7. The van der Waals surface area contributed by atoms with Crippen LogP contribution in [-0.4, -0.2) is 49.7 Å². The molecule has 1 heterocycles. The second kappa shape index (κ2) is 8.14. The van der Waals surface area contributed by atoms with Gasteiger partial charge in [-0.15, -0.1) is 0 Å². The molecule has 0 bridgehead atoms. The van der Waals surface area contributed by atoms with E-state index in [1.165, 1.54) is 27.4 Å². The number of carbonyl (C=O) groups excluding carboxylic acids is 1. The number of rotatable bonds is 4. The Labute approximate surface area is 167 Å². The topological polar surface area (TPSA) is 57.7 Å². The van der Waals surface area contributed by atoms with Gasteiger partial charge in [0, 0.05) is 31.2 Å². The Kier molecular flexibility index (Phi) is 6.02. The molecule has 2 aromatic carbocycles. The fourth-order valence-corrected chi connectivity index (χ4v) is 4.69. The number of sulfonamides is 1. The average molecular weight is 429 g/mol. The molecule has 0 atom stereocenters. The van der Waals surface area contributed by atoms with E-state index in [0.717, 1.165) is 17.7 Å². The van der Waals surface area contributed by atoms with Gasteiger partial charge < -0.3 is 4.90 Å². The molecule has 3 rings (SSSR count). The highest BCUT2D eigenvalue weighted by molar-refractivity contribution is 7.89. The minimum atomic E-state index is -3.70. The number of hydrogen-bond donors (Lipinski definition) is 0. The van der Waals surface area contributed by atoms with E-state index in [0.29, 0.717) is 10.6 Å². The number of hydrogen-bond acceptors (Lipinski definition) is 3. The number of amides is 1. The van der Waals surface area contributed by atoms with Crippen LogP contribution >= 0.6 is 11.6 Å². The molecule has 5 nitrogen and oxygen atoms in total. The van der Waals surface area contributed by atoms with E-state index in [9.17, 15) is 22.0 Å². The zero-order chi connectivity index (χ0) is 20.5. The van der Waals surface area contributed by atoms with Crippen molar-refractivity contribution in [3.8, 4) is 0 Å². The summed E-state index contributed by atoms with van der Waals surface area (Å²) < 4.78 is 53.1. The SMILES string of the molecule is Cc1ccc(S(=O)(=O)N2CCN(C(=O)Cc3ccc(F)c(F)c3)CC2)cc1Cl. The van der Waals surface area contributed by atoms with Gasteiger partial charge in [-0.2, -0.15) is 4.31 Å². The third kappa shape index (κ3) is 4.34. The van der Waals surface area contributed by atoms with Crippen LogP contribution in [0.25, 0.3) is 0 Å². The molecule has 1 saturated heterocycles. The summed E-state index contributed by atoms with van der Waals surface area (Å²) in [5.41, 5.74) is 1.15. The number of nitrogens with zero attached hydrogens (tertiary/aromatic N) is 2. The monoisotopic (exact) mass is 428 g/mol. The van der Waals surface area contributed by atoms with Gasteiger partial charge in [0.15, 0.2) is 11.6 Å². The van der Waals surface area contributed by atoms with Gasteiger partial charge in [-0.3, -0.25) is 4.79 Å². The summed E-state index contributed by atoms with van der Waals surface area (Å²) in [6, 6.07) is 7.92. The fourth-order valence-electron chi connectivity index (χ4n) is 3.00. The summed E-state index contributed by atoms with van der Waals surface area (Å²) in [4.78, 5) is 14.0. The Morgan fingerprint density at radius 1 is 1.04 bits per heavy atom. The molecule has 1 aliphatic rings. The second-order valence-corrected chi connectivity index (χ2v) is 8.97. The fraction of sp³-hybridized carbons (Fsp3) is 0.316. The van der Waals surface area contributed by atoms with Crippen molar-refractivity contribution in [2.24, 2.45) is 0 Å². The van der Waals surface area contributed by atoms with Gasteiger partial charge in [-0.25, -0.2) is 17.2 Å². The largest absolute Gasteiger partial charge is 0.340 e. The van der Waals surface area contributed by atoms with E-state index >= 15 is 0 Å². The van der Waals surface area contributed by atoms with Crippen LogP contribution < -0.4 is 0 Å². The summed E-state index contributed by atoms with van der Waals surface area (Å²) in [5.74, 6) is -2.23. The van der Waals surface area contributed by atoms with Gasteiger partial charge in [0.25, 0.3) is 0 Å². The highest BCUT2D eigenvalue weighted by Crippen LogP contribution is 2.23. The number of benzene rings is 2. The van der Waals surface area contributed by atoms with E-state index in [1.54, 1.807) is 13.0 Å². The number of aryl methyl sites for hydroxylation is 1. The standard InChI is InChI=1S/C19H19ClF2N2O3S/c1-13-2-4-15(12-16(13)20)28(26,27)24-8-6-23(7-9-24)19(25)11-14-3-5-17(21)18(22)10-14/h2-5,10,12H,6-9,11H2,1H3. The first-order valence-corrected chi connectivity index (χ1v) is 10.5. The van der Waals surface area contributed by atoms with Crippen LogP contribution in [-0.2, 0) is 21.2 Å². The maximum absolute atomic E-state index is 13.3. The predicted molar refractivity (Wildman–Crippen MR) is 102 cm³/mol. The highest BCUT2D eigenvalue weighted by Gasteiger charge is 2.30. The molecule has 0 saturated carbocycles. The van der Waals surface area contributed by atoms with Crippen LogP contribution in [0.15, 0.2) is 41.3 Å². The highest BCUT2D eigenvalue weighted by atomic mass is 35.5. The average Bonchev–Trinajstić information content (AvgIpc) is 2.67. The first-order chi connectivity index (χ1) is 13.2. The molecule has 0 unspecified atom stereocenters. The van der Waals surface area contributed by atoms with E-state index in [2.05, 4.69) is 0 Å². The molecule has 9 heteroatoms. The lowest BCUT2D eigenvalue weighted by molar-refractivity contribution is -0.131. The molecular formula is C19H19ClF2N2O3S. The number of halogens is 3. The molecule has 0 aromatic heterocycles. The molecule has 0 radical (unpaired) electrons. The van der Waals surface area contributed by atoms with Gasteiger partial charge in [-0.05, 0) is 42.3 Å². The Hall–Kier alpha value is -2.03. The Balaban J connectivity index is 1.63. The summed E-state index contributed by atoms with van der Waals surface area (Å²) in [5, 5.41) is 0.376. The van der Waals surface area contributed by atoms with Crippen molar-refractivity contribution >= 4 is 27.5 Å². The second-order valence-electron chi connectivity index (χ2n) is 6.62. The summed E-state index contributed by atoms with van der Waals surface area (Å²) in [7, 11) is -3.70. The van der Waals surface area contributed by atoms with Gasteiger partial charge in [0.05, 0.1) is 11.3 Å². The molecule has 1 aliphatic heterocycles. The van der Waals surface area contributed by atoms with Gasteiger partial charge >= 0.3 is 0 Å². The molecule has 150 valence electrons. The van der Waals surface area contributed by atoms with Crippen molar-refractivity contribution in [1.82, 2.24) is 9.21 Å². The minimum absolute atomic E-state index is 0.0719. The van der Waals surface area contributed by atoms with Crippen LogP contribution in [0, 0.1) is 18.6 Å². The Morgan fingerprint density at radius 3 is 2.32 bits per heavy atom. The first-order valence-electron chi connectivity index (χ1n) is 8.66. The molecule has 0 aliphatic carbocycles. The number of carbonyl (C=O) groups is 1. The van der Waals surface area contributed by atoms with Crippen molar-refractivity contribution < 1.29 is 22.0 Å². The normalized spacial score (nSPS) is 15.6. The summed E-state index contributed by atoms with van der Waals surface area (Å²) in [6.07, 6.45) is -0.0719. The van der Waals surface area contributed by atoms with Crippen molar-refractivity contribution in [2.45, 2.75) is 18.2 Å². The van der Waals surface area contributed by atoms with E-state index in [1.807, 2.05) is 0 Å². The van der Waals surface area contributed by atoms with Crippen molar-refractivity contribution in [3.63, 3.8) is 0 Å². The predicted octanol–water partition coefficient (Wildman–Crippen LogP) is 3.00. The van der Waals surface area contributed by atoms with Crippen molar-refractivity contribution in [2.75, 3.05) is 26.2 Å². The summed E-state index contributed by atoms with van der Waals surface area (Å²) in [6.45, 7) is 2.54. The molecule has 1 fully saturated rings. The molecule has 2 aromatic rings. The Bertz CT molecular complexity index is 1010. The number of piperazine rings is 1. The van der Waals surface area contributed by atoms with Crippen molar-refractivity contribution in [3.05, 3.63) is 64.2 Å². The van der Waals surface area contributed by atoms with E-state index in [4.69, 9.17) is 11.6 Å². The minimum Gasteiger partial charge on any atom is -0.340 e. The van der Waals surface area contributed by atoms with Gasteiger partial charge in [0.1, 0.15) is 0 Å². The molecule has 1 amide bonds. The third-order valence-corrected chi connectivity index (χ3v) is 7.01. The smallest absolute Gasteiger partial charge is 0.243 e. The Morgan fingerprint density at radius 2 is 1.71 bits per heavy atom. The zero-order valence-corrected chi connectivity index (χ0v) is 16.7. The summed E-state index contributed by atoms with van der Waals surface area (Å²) >= 11 is 6.04. The van der Waals surface area contributed by atoms with Crippen LogP contribution in [0.3, 0.4) is 0 Å². The van der Waals surface area contributed by atoms with Gasteiger partial charge in [0.2, 0.25) is 15.9 Å². The van der Waals surface area contributed by atoms with Crippen LogP contribution in [0.4, 0.5) is 8.78 Å². The zero-order valence-electron chi connectivity index (χ0n) is 15.2. The maximum atomic E-state index is 13.3. The lowest BCUT2D eigenvalue weighted by Crippen LogP contribution is -2.50. The molecule has 0 N–H and O–H groups in total. The lowest BCUT2D eigenvalue weighted by Gasteiger charge is -2.34. The molecule has 0 spiro atoms. The molecule has 28 heavy (non-hydrogen) atoms. The third-order valence-electron chi connectivity index (χ3n) is 4.71. The lowest BCUT2D eigenvalue weighted by atomic mass is 10.1. The van der Waals surface area contributed by atoms with Crippen LogP contribution in [0.5, 0.6) is 0 Å². The van der Waals surface area contributed by atoms with E-state index < -0.39 is 21.7 Å². The van der Waals surface area contributed by atoms with Crippen molar-refractivity contribution in [1.29, 1.82) is 0 Å². The van der Waals surface area contributed by atoms with Crippen LogP contribution in [0.2, 0.25) is 5.02 Å². The quantitative estimate of drug-likeness (QED) is 0.752. The van der Waals surface area contributed by atoms with Gasteiger partial charge in [-0.1, -0.05) is 23.7 Å². The van der Waals surface area contributed by atoms with E-state index in [-0.39, 0.29) is 43.4 Å². The van der Waals surface area contributed by atoms with Crippen LogP contribution in [0.1, 0.15) is 11.1 Å².